The summed E-state index contributed by atoms with van der Waals surface area (Å²) in [4.78, 5) is 0. The molecule has 0 spiro atoms. The van der Waals surface area contributed by atoms with E-state index in [2.05, 4.69) is 10.0 Å². The van der Waals surface area contributed by atoms with Crippen LogP contribution in [0.15, 0.2) is 18.2 Å². The van der Waals surface area contributed by atoms with Crippen molar-refractivity contribution in [2.75, 3.05) is 13.6 Å². The van der Waals surface area contributed by atoms with E-state index in [0.29, 0.717) is 22.2 Å². The van der Waals surface area contributed by atoms with Gasteiger partial charge in [0.1, 0.15) is 0 Å². The van der Waals surface area contributed by atoms with E-state index in [9.17, 15) is 8.42 Å². The molecule has 0 saturated carbocycles. The fourth-order valence-electron chi connectivity index (χ4n) is 1.25. The Balaban J connectivity index is 2.67. The van der Waals surface area contributed by atoms with Gasteiger partial charge < -0.3 is 5.32 Å². The second kappa shape index (κ2) is 6.73. The molecule has 1 unspecified atom stereocenters. The third-order valence-electron chi connectivity index (χ3n) is 2.44. The molecule has 1 aromatic carbocycles. The molecule has 0 heterocycles. The Labute approximate surface area is 118 Å². The quantitative estimate of drug-likeness (QED) is 0.845. The van der Waals surface area contributed by atoms with E-state index in [4.69, 9.17) is 23.2 Å². The molecule has 7 heteroatoms. The third-order valence-corrected chi connectivity index (χ3v) is 4.50. The monoisotopic (exact) mass is 310 g/mol. The van der Waals surface area contributed by atoms with Crippen molar-refractivity contribution in [3.8, 4) is 0 Å². The van der Waals surface area contributed by atoms with Crippen LogP contribution in [0.3, 0.4) is 0 Å². The van der Waals surface area contributed by atoms with Gasteiger partial charge in [0.25, 0.3) is 0 Å². The number of sulfonamides is 1. The lowest BCUT2D eigenvalue weighted by Gasteiger charge is -2.12. The standard InChI is InChI=1S/C11H16Cl2N2O2S/c1-8(14-2)6-15-18(16,17)7-9-3-4-10(12)11(13)5-9/h3-5,8,14-15H,6-7H2,1-2H3. The highest BCUT2D eigenvalue weighted by molar-refractivity contribution is 7.88. The fourth-order valence-corrected chi connectivity index (χ4v) is 2.80. The van der Waals surface area contributed by atoms with E-state index in [1.807, 2.05) is 6.92 Å². The summed E-state index contributed by atoms with van der Waals surface area (Å²) in [5.41, 5.74) is 0.606. The first-order chi connectivity index (χ1) is 8.34. The zero-order chi connectivity index (χ0) is 13.8. The van der Waals surface area contributed by atoms with Crippen LogP contribution in [0.4, 0.5) is 0 Å². The average molecular weight is 311 g/mol. The molecule has 0 aliphatic rings. The summed E-state index contributed by atoms with van der Waals surface area (Å²) in [5.74, 6) is -0.111. The molecule has 0 amide bonds. The summed E-state index contributed by atoms with van der Waals surface area (Å²) in [6, 6.07) is 4.87. The van der Waals surface area contributed by atoms with Crippen LogP contribution in [-0.4, -0.2) is 28.1 Å². The predicted octanol–water partition coefficient (Wildman–Crippen LogP) is 2.02. The van der Waals surface area contributed by atoms with Gasteiger partial charge >= 0.3 is 0 Å². The molecule has 1 rings (SSSR count). The summed E-state index contributed by atoms with van der Waals surface area (Å²) in [6.45, 7) is 2.24. The second-order valence-electron chi connectivity index (χ2n) is 4.05. The smallest absolute Gasteiger partial charge is 0.215 e. The Bertz CT molecular complexity index is 506. The largest absolute Gasteiger partial charge is 0.316 e. The van der Waals surface area contributed by atoms with Gasteiger partial charge in [0, 0.05) is 12.6 Å². The fraction of sp³-hybridized carbons (Fsp3) is 0.455. The van der Waals surface area contributed by atoms with Crippen LogP contribution in [0.25, 0.3) is 0 Å². The Hall–Kier alpha value is -0.330. The topological polar surface area (TPSA) is 58.2 Å². The first kappa shape index (κ1) is 15.7. The summed E-state index contributed by atoms with van der Waals surface area (Å²) in [6.07, 6.45) is 0. The zero-order valence-corrected chi connectivity index (χ0v) is 12.5. The Morgan fingerprint density at radius 1 is 1.28 bits per heavy atom. The van der Waals surface area contributed by atoms with Gasteiger partial charge in [-0.15, -0.1) is 0 Å². The van der Waals surface area contributed by atoms with Crippen LogP contribution in [0.2, 0.25) is 10.0 Å². The molecule has 2 N–H and O–H groups in total. The molecule has 0 bridgehead atoms. The molecule has 4 nitrogen and oxygen atoms in total. The predicted molar refractivity (Wildman–Crippen MR) is 75.6 cm³/mol. The lowest BCUT2D eigenvalue weighted by Crippen LogP contribution is -2.37. The van der Waals surface area contributed by atoms with E-state index >= 15 is 0 Å². The molecule has 0 saturated heterocycles. The summed E-state index contributed by atoms with van der Waals surface area (Å²) in [7, 11) is -1.59. The summed E-state index contributed by atoms with van der Waals surface area (Å²) in [5, 5.41) is 3.72. The molecule has 1 aromatic rings. The van der Waals surface area contributed by atoms with Gasteiger partial charge in [0.15, 0.2) is 0 Å². The maximum atomic E-state index is 11.8. The summed E-state index contributed by atoms with van der Waals surface area (Å²) >= 11 is 11.6. The number of rotatable bonds is 6. The van der Waals surface area contributed by atoms with E-state index in [-0.39, 0.29) is 11.8 Å². The molecule has 0 aromatic heterocycles. The van der Waals surface area contributed by atoms with Gasteiger partial charge in [-0.25, -0.2) is 13.1 Å². The van der Waals surface area contributed by atoms with Gasteiger partial charge in [-0.1, -0.05) is 29.3 Å². The molecule has 102 valence electrons. The molecule has 0 radical (unpaired) electrons. The number of halogens is 2. The molecule has 0 aliphatic heterocycles. The number of benzene rings is 1. The van der Waals surface area contributed by atoms with Crippen LogP contribution >= 0.6 is 23.2 Å². The minimum atomic E-state index is -3.36. The highest BCUT2D eigenvalue weighted by Crippen LogP contribution is 2.23. The molecular formula is C11H16Cl2N2O2S. The van der Waals surface area contributed by atoms with Crippen LogP contribution in [0, 0.1) is 0 Å². The third kappa shape index (κ3) is 5.12. The number of hydrogen-bond acceptors (Lipinski definition) is 3. The zero-order valence-electron chi connectivity index (χ0n) is 10.2. The van der Waals surface area contributed by atoms with Gasteiger partial charge in [-0.3, -0.25) is 0 Å². The van der Waals surface area contributed by atoms with Crippen molar-refractivity contribution in [3.05, 3.63) is 33.8 Å². The average Bonchev–Trinajstić information content (AvgIpc) is 2.30. The molecular weight excluding hydrogens is 295 g/mol. The first-order valence-corrected chi connectivity index (χ1v) is 7.83. The molecule has 0 fully saturated rings. The van der Waals surface area contributed by atoms with Crippen molar-refractivity contribution in [1.29, 1.82) is 0 Å². The SMILES string of the molecule is CNC(C)CNS(=O)(=O)Cc1ccc(Cl)c(Cl)c1. The Kier molecular flexibility index (Phi) is 5.88. The molecule has 18 heavy (non-hydrogen) atoms. The second-order valence-corrected chi connectivity index (χ2v) is 6.67. The van der Waals surface area contributed by atoms with Crippen molar-refractivity contribution in [1.82, 2.24) is 10.0 Å². The normalized spacial score (nSPS) is 13.6. The van der Waals surface area contributed by atoms with Crippen LogP contribution in [-0.2, 0) is 15.8 Å². The van der Waals surface area contributed by atoms with E-state index in [0.717, 1.165) is 0 Å². The van der Waals surface area contributed by atoms with Crippen LogP contribution < -0.4 is 10.0 Å². The van der Waals surface area contributed by atoms with Crippen LogP contribution in [0.1, 0.15) is 12.5 Å². The Morgan fingerprint density at radius 3 is 2.50 bits per heavy atom. The highest BCUT2D eigenvalue weighted by Gasteiger charge is 2.13. The molecule has 1 atom stereocenters. The van der Waals surface area contributed by atoms with E-state index in [1.165, 1.54) is 0 Å². The maximum Gasteiger partial charge on any atom is 0.215 e. The number of nitrogens with one attached hydrogen (secondary N) is 2. The van der Waals surface area contributed by atoms with Crippen LogP contribution in [0.5, 0.6) is 0 Å². The number of hydrogen-bond donors (Lipinski definition) is 2. The van der Waals surface area contributed by atoms with Crippen molar-refractivity contribution in [2.24, 2.45) is 0 Å². The van der Waals surface area contributed by atoms with Crippen molar-refractivity contribution in [2.45, 2.75) is 18.7 Å². The van der Waals surface area contributed by atoms with E-state index < -0.39 is 10.0 Å². The minimum absolute atomic E-state index is 0.0774. The lowest BCUT2D eigenvalue weighted by atomic mass is 10.2. The lowest BCUT2D eigenvalue weighted by molar-refractivity contribution is 0.553. The molecule has 0 aliphatic carbocycles. The van der Waals surface area contributed by atoms with Gasteiger partial charge in [0.05, 0.1) is 15.8 Å². The first-order valence-electron chi connectivity index (χ1n) is 5.42. The minimum Gasteiger partial charge on any atom is -0.316 e. The van der Waals surface area contributed by atoms with E-state index in [1.54, 1.807) is 25.2 Å². The highest BCUT2D eigenvalue weighted by atomic mass is 35.5. The summed E-state index contributed by atoms with van der Waals surface area (Å²) < 4.78 is 26.1. The van der Waals surface area contributed by atoms with Gasteiger partial charge in [0.2, 0.25) is 10.0 Å². The Morgan fingerprint density at radius 2 is 1.94 bits per heavy atom. The van der Waals surface area contributed by atoms with Gasteiger partial charge in [-0.2, -0.15) is 0 Å². The number of likely N-dealkylation sites (N-methyl/N-ethyl adjacent to an activating group) is 1. The maximum absolute atomic E-state index is 11.8. The van der Waals surface area contributed by atoms with Gasteiger partial charge in [-0.05, 0) is 31.7 Å². The van der Waals surface area contributed by atoms with Crippen molar-refractivity contribution < 1.29 is 8.42 Å². The van der Waals surface area contributed by atoms with Crippen molar-refractivity contribution >= 4 is 33.2 Å². The van der Waals surface area contributed by atoms with Crippen molar-refractivity contribution in [3.63, 3.8) is 0 Å².